The number of nitriles is 4. The molecule has 0 radical (unpaired) electrons. The van der Waals surface area contributed by atoms with Gasteiger partial charge in [0, 0.05) is 11.1 Å². The van der Waals surface area contributed by atoms with Gasteiger partial charge in [-0.05, 0) is 38.8 Å². The Morgan fingerprint density at radius 2 is 0.973 bits per heavy atom. The Bertz CT molecular complexity index is 1560. The summed E-state index contributed by atoms with van der Waals surface area (Å²) in [5, 5.41) is 35.8. The first-order valence-corrected chi connectivity index (χ1v) is 10.2. The molecule has 37 heavy (non-hydrogen) atoms. The van der Waals surface area contributed by atoms with E-state index < -0.39 is 5.41 Å². The Labute approximate surface area is 215 Å². The van der Waals surface area contributed by atoms with Crippen LogP contribution in [0.5, 0.6) is 0 Å². The average Bonchev–Trinajstić information content (AvgIpc) is 3.19. The van der Waals surface area contributed by atoms with E-state index in [1.165, 1.54) is 0 Å². The molecule has 2 aliphatic rings. The molecule has 0 atom stereocenters. The van der Waals surface area contributed by atoms with Crippen LogP contribution in [0.1, 0.15) is 25.0 Å². The Balaban J connectivity index is 0.000000264. The monoisotopic (exact) mass is 474 g/mol. The predicted molar refractivity (Wildman–Crippen MR) is 135 cm³/mol. The maximum Gasteiger partial charge on any atom is 0.270 e. The topological polar surface area (TPSA) is 113 Å². The molecule has 0 bridgehead atoms. The highest BCUT2D eigenvalue weighted by molar-refractivity contribution is 6.11. The Morgan fingerprint density at radius 1 is 0.649 bits per heavy atom. The lowest BCUT2D eigenvalue weighted by Gasteiger charge is -2.45. The van der Waals surface area contributed by atoms with E-state index in [0.29, 0.717) is 44.6 Å². The minimum atomic E-state index is -0.637. The van der Waals surface area contributed by atoms with Crippen LogP contribution in [0.2, 0.25) is 0 Å². The van der Waals surface area contributed by atoms with Crippen molar-refractivity contribution in [3.8, 4) is 24.3 Å². The fourth-order valence-electron chi connectivity index (χ4n) is 4.28. The lowest BCUT2D eigenvalue weighted by molar-refractivity contribution is 0.492. The van der Waals surface area contributed by atoms with Crippen molar-refractivity contribution in [1.82, 2.24) is 0 Å². The molecule has 0 amide bonds. The van der Waals surface area contributed by atoms with Crippen molar-refractivity contribution in [2.75, 3.05) is 0 Å². The van der Waals surface area contributed by atoms with Gasteiger partial charge in [-0.15, -0.1) is 0 Å². The number of hydrogen-bond acceptors (Lipinski definition) is 4. The fraction of sp³-hybridized carbons (Fsp3) is 0.103. The van der Waals surface area contributed by atoms with Gasteiger partial charge in [0.2, 0.25) is 0 Å². The molecule has 3 rings (SSSR count). The number of benzene rings is 1. The molecule has 0 aromatic heterocycles. The molecule has 0 spiro atoms. The van der Waals surface area contributed by atoms with Gasteiger partial charge >= 0.3 is 0 Å². The molecule has 0 saturated heterocycles. The standard InChI is InChI=1S/C16H6N4.C13H8N4/c1-10-15(13(8-17)19-2)11-6-4-5-7-12(11)16(10)14(9-18)20-3;1-8-11(9(6-14)16-4)13(2,3)12(8)10(7-15)17-5/h4-7H,1H2;1H2,2-3H3/b15-13+,16-14+;11-9+,12-10+. The van der Waals surface area contributed by atoms with Crippen LogP contribution in [0.4, 0.5) is 0 Å². The van der Waals surface area contributed by atoms with Crippen LogP contribution in [0.25, 0.3) is 30.5 Å². The van der Waals surface area contributed by atoms with E-state index in [2.05, 4.69) is 32.5 Å². The maximum atomic E-state index is 9.06. The molecule has 0 N–H and O–H groups in total. The van der Waals surface area contributed by atoms with E-state index in [9.17, 15) is 0 Å². The third-order valence-electron chi connectivity index (χ3n) is 5.74. The molecule has 8 heteroatoms. The molecule has 0 unspecified atom stereocenters. The van der Waals surface area contributed by atoms with Crippen LogP contribution in [-0.4, -0.2) is 0 Å². The summed E-state index contributed by atoms with van der Waals surface area (Å²) in [6.45, 7) is 39.2. The summed E-state index contributed by atoms with van der Waals surface area (Å²) in [6, 6.07) is 14.4. The maximum absolute atomic E-state index is 9.06. The van der Waals surface area contributed by atoms with Crippen molar-refractivity contribution < 1.29 is 0 Å². The van der Waals surface area contributed by atoms with Crippen molar-refractivity contribution in [3.63, 3.8) is 0 Å². The second-order valence-electron chi connectivity index (χ2n) is 7.92. The summed E-state index contributed by atoms with van der Waals surface area (Å²) in [5.74, 6) is 0. The quantitative estimate of drug-likeness (QED) is 0.314. The lowest BCUT2D eigenvalue weighted by Crippen LogP contribution is -2.33. The molecule has 0 aliphatic heterocycles. The van der Waals surface area contributed by atoms with Crippen LogP contribution < -0.4 is 0 Å². The summed E-state index contributed by atoms with van der Waals surface area (Å²) >= 11 is 0. The third kappa shape index (κ3) is 4.27. The first-order chi connectivity index (χ1) is 17.6. The van der Waals surface area contributed by atoms with Crippen molar-refractivity contribution in [1.29, 1.82) is 21.0 Å². The Morgan fingerprint density at radius 3 is 1.22 bits per heavy atom. The zero-order valence-electron chi connectivity index (χ0n) is 19.8. The van der Waals surface area contributed by atoms with E-state index in [0.717, 1.165) is 0 Å². The average molecular weight is 474 g/mol. The van der Waals surface area contributed by atoms with E-state index >= 15 is 0 Å². The van der Waals surface area contributed by atoms with Crippen LogP contribution in [0.15, 0.2) is 82.5 Å². The molecule has 1 saturated carbocycles. The van der Waals surface area contributed by atoms with Gasteiger partial charge in [0.25, 0.3) is 22.8 Å². The molecule has 0 heterocycles. The van der Waals surface area contributed by atoms with Gasteiger partial charge in [-0.2, -0.15) is 0 Å². The number of fused-ring (bicyclic) bond motifs is 1. The van der Waals surface area contributed by atoms with E-state index in [1.54, 1.807) is 38.1 Å². The largest absolute Gasteiger partial charge is 0.270 e. The zero-order chi connectivity index (χ0) is 27.9. The van der Waals surface area contributed by atoms with E-state index in [-0.39, 0.29) is 22.8 Å². The van der Waals surface area contributed by atoms with Gasteiger partial charge in [-0.1, -0.05) is 51.3 Å². The van der Waals surface area contributed by atoms with Gasteiger partial charge in [-0.3, -0.25) is 0 Å². The summed E-state index contributed by atoms with van der Waals surface area (Å²) < 4.78 is 0. The minimum Gasteiger partial charge on any atom is -0.226 e. The highest BCUT2D eigenvalue weighted by Gasteiger charge is 2.45. The van der Waals surface area contributed by atoms with Crippen LogP contribution in [0, 0.1) is 77.0 Å². The van der Waals surface area contributed by atoms with Crippen LogP contribution in [-0.2, 0) is 0 Å². The first kappa shape index (κ1) is 26.8. The molecular weight excluding hydrogens is 460 g/mol. The molecule has 1 fully saturated rings. The Hall–Kier alpha value is -6.42. The number of allylic oxidation sites excluding steroid dienone is 10. The number of nitrogens with zero attached hydrogens (tertiary/aromatic N) is 8. The summed E-state index contributed by atoms with van der Waals surface area (Å²) in [6.07, 6.45) is 0. The van der Waals surface area contributed by atoms with E-state index in [1.807, 2.05) is 24.3 Å². The zero-order valence-corrected chi connectivity index (χ0v) is 19.8. The van der Waals surface area contributed by atoms with Gasteiger partial charge in [-0.25, -0.2) is 40.4 Å². The third-order valence-corrected chi connectivity index (χ3v) is 5.74. The molecule has 1 aromatic carbocycles. The fourth-order valence-corrected chi connectivity index (χ4v) is 4.28. The lowest BCUT2D eigenvalue weighted by atomic mass is 9.58. The summed E-state index contributed by atoms with van der Waals surface area (Å²) in [4.78, 5) is 12.7. The van der Waals surface area contributed by atoms with E-state index in [4.69, 9.17) is 47.3 Å². The van der Waals surface area contributed by atoms with Gasteiger partial charge in [0.1, 0.15) is 0 Å². The van der Waals surface area contributed by atoms with Crippen molar-refractivity contribution in [3.05, 3.63) is 139 Å². The second-order valence-corrected chi connectivity index (χ2v) is 7.92. The van der Waals surface area contributed by atoms with Gasteiger partial charge in [0.15, 0.2) is 0 Å². The Kier molecular flexibility index (Phi) is 7.74. The molecule has 170 valence electrons. The normalized spacial score (nSPS) is 19.4. The predicted octanol–water partition coefficient (Wildman–Crippen LogP) is 6.54. The minimum absolute atomic E-state index is 0.0222. The van der Waals surface area contributed by atoms with Gasteiger partial charge < -0.3 is 0 Å². The smallest absolute Gasteiger partial charge is 0.226 e. The molecule has 1 aromatic rings. The highest BCUT2D eigenvalue weighted by Crippen LogP contribution is 2.56. The van der Waals surface area contributed by atoms with Crippen LogP contribution in [0.3, 0.4) is 0 Å². The highest BCUT2D eigenvalue weighted by atomic mass is 14.7. The molecule has 2 aliphatic carbocycles. The van der Waals surface area contributed by atoms with Crippen molar-refractivity contribution in [2.24, 2.45) is 5.41 Å². The molecular formula is C29H14N8. The first-order valence-electron chi connectivity index (χ1n) is 10.2. The number of rotatable bonds is 0. The summed E-state index contributed by atoms with van der Waals surface area (Å²) in [7, 11) is 0. The van der Waals surface area contributed by atoms with Crippen LogP contribution >= 0.6 is 0 Å². The second kappa shape index (κ2) is 10.7. The van der Waals surface area contributed by atoms with Crippen molar-refractivity contribution >= 4 is 11.1 Å². The molecule has 8 nitrogen and oxygen atoms in total. The summed E-state index contributed by atoms with van der Waals surface area (Å²) in [5.41, 5.74) is 3.19. The SMILES string of the molecule is [C-]#[N+]/C(C#N)=C1\C(=C)/C(=C(/C#N)[N+]#[C-])C1(C)C.[C-]#[N+]/C(C#N)=C1\C(=C)/C(=C(/C#N)[N+]#[C-])c2ccccc21. The van der Waals surface area contributed by atoms with Crippen molar-refractivity contribution in [2.45, 2.75) is 13.8 Å². The van der Waals surface area contributed by atoms with Gasteiger partial charge in [0.05, 0.1) is 50.6 Å². The number of hydrogen-bond donors (Lipinski definition) is 0.